The molecule has 36 heavy (non-hydrogen) atoms. The smallest absolute Gasteiger partial charge is 0.135 e. The highest BCUT2D eigenvalue weighted by molar-refractivity contribution is 7.26. The average molecular weight is 481 g/mol. The quantitative estimate of drug-likeness (QED) is 0.239. The second-order valence-corrected chi connectivity index (χ2v) is 10.0. The Kier molecular flexibility index (Phi) is 3.42. The molecule has 2 heteroatoms. The van der Waals surface area contributed by atoms with Crippen molar-refractivity contribution in [3.63, 3.8) is 0 Å². The molecule has 0 saturated heterocycles. The maximum Gasteiger partial charge on any atom is 0.135 e. The molecule has 0 bridgehead atoms. The molecule has 1 nitrogen and oxygen atoms in total. The first-order valence-corrected chi connectivity index (χ1v) is 12.7. The van der Waals surface area contributed by atoms with Crippen LogP contribution in [0, 0.1) is 0 Å². The van der Waals surface area contributed by atoms with Gasteiger partial charge >= 0.3 is 0 Å². The Hall–Kier alpha value is -4.40. The number of fused-ring (bicyclic) bond motifs is 5. The van der Waals surface area contributed by atoms with E-state index in [2.05, 4.69) is 24.3 Å². The minimum Gasteiger partial charge on any atom is -0.456 e. The van der Waals surface area contributed by atoms with Crippen molar-refractivity contribution in [1.29, 1.82) is 0 Å². The fourth-order valence-corrected chi connectivity index (χ4v) is 6.68. The van der Waals surface area contributed by atoms with Crippen molar-refractivity contribution in [1.82, 2.24) is 0 Å². The number of benzene rings is 6. The molecule has 0 atom stereocenters. The summed E-state index contributed by atoms with van der Waals surface area (Å²) in [4.78, 5) is 0. The van der Waals surface area contributed by atoms with E-state index in [1.54, 1.807) is 11.3 Å². The van der Waals surface area contributed by atoms with Crippen molar-refractivity contribution in [2.24, 2.45) is 0 Å². The lowest BCUT2D eigenvalue weighted by atomic mass is 9.87. The van der Waals surface area contributed by atoms with Crippen LogP contribution in [0.3, 0.4) is 0 Å². The van der Waals surface area contributed by atoms with Gasteiger partial charge in [0.05, 0.1) is 5.48 Å². The standard InChI is InChI=1S/C34H20OS/c1-2-10-22(28-15-8-16-29-25-12-4-6-18-32(25)36-34(28)29)21(9-1)23-19-20-31-33-26(23)13-7-14-27(33)24-11-3-5-17-30(24)35-31/h1-20H/i1D,2D,9D,10D. The van der Waals surface area contributed by atoms with Crippen molar-refractivity contribution >= 4 is 42.3 Å². The molecule has 0 unspecified atom stereocenters. The van der Waals surface area contributed by atoms with Crippen LogP contribution in [0.1, 0.15) is 5.48 Å². The lowest BCUT2D eigenvalue weighted by Crippen LogP contribution is -1.98. The Balaban J connectivity index is 1.50. The molecule has 0 radical (unpaired) electrons. The van der Waals surface area contributed by atoms with Crippen molar-refractivity contribution in [2.75, 3.05) is 0 Å². The summed E-state index contributed by atoms with van der Waals surface area (Å²) in [6.07, 6.45) is 0. The summed E-state index contributed by atoms with van der Waals surface area (Å²) in [5.41, 5.74) is 4.62. The number of hydrogen-bond donors (Lipinski definition) is 0. The molecule has 0 saturated carbocycles. The average Bonchev–Trinajstić information content (AvgIpc) is 3.38. The van der Waals surface area contributed by atoms with E-state index in [0.29, 0.717) is 11.1 Å². The highest BCUT2D eigenvalue weighted by Gasteiger charge is 2.22. The predicted molar refractivity (Wildman–Crippen MR) is 153 cm³/mol. The molecule has 1 aliphatic rings. The van der Waals surface area contributed by atoms with E-state index >= 15 is 0 Å². The molecule has 1 aromatic heterocycles. The number of para-hydroxylation sites is 1. The van der Waals surface area contributed by atoms with Gasteiger partial charge in [-0.3, -0.25) is 0 Å². The minimum atomic E-state index is -0.241. The van der Waals surface area contributed by atoms with Gasteiger partial charge in [0, 0.05) is 36.7 Å². The lowest BCUT2D eigenvalue weighted by Gasteiger charge is -2.23. The first kappa shape index (κ1) is 16.3. The Bertz CT molecular complexity index is 2200. The topological polar surface area (TPSA) is 9.23 Å². The monoisotopic (exact) mass is 480 g/mol. The van der Waals surface area contributed by atoms with Gasteiger partial charge in [0.1, 0.15) is 11.5 Å². The first-order valence-electron chi connectivity index (χ1n) is 13.9. The molecule has 0 aliphatic carbocycles. The highest BCUT2D eigenvalue weighted by Crippen LogP contribution is 2.50. The van der Waals surface area contributed by atoms with E-state index in [-0.39, 0.29) is 24.2 Å². The second-order valence-electron chi connectivity index (χ2n) is 8.97. The number of hydrogen-bond acceptors (Lipinski definition) is 2. The van der Waals surface area contributed by atoms with Gasteiger partial charge in [-0.05, 0) is 45.8 Å². The molecule has 8 rings (SSSR count). The van der Waals surface area contributed by atoms with Crippen LogP contribution in [0.15, 0.2) is 121 Å². The van der Waals surface area contributed by atoms with Crippen LogP contribution in [-0.2, 0) is 0 Å². The molecule has 0 spiro atoms. The minimum absolute atomic E-state index is 0.0389. The SMILES string of the molecule is [2H]c1c([2H])c([2H])c(-c2cccc3c2sc2ccccc23)c(-c2ccc3c4c(cccc24)-c2ccccc2O3)c1[2H]. The van der Waals surface area contributed by atoms with Gasteiger partial charge in [0.2, 0.25) is 0 Å². The Morgan fingerprint density at radius 1 is 0.500 bits per heavy atom. The Morgan fingerprint density at radius 3 is 2.11 bits per heavy atom. The van der Waals surface area contributed by atoms with Gasteiger partial charge in [-0.2, -0.15) is 0 Å². The van der Waals surface area contributed by atoms with Crippen molar-refractivity contribution in [3.05, 3.63) is 121 Å². The van der Waals surface area contributed by atoms with Gasteiger partial charge in [0.15, 0.2) is 0 Å². The van der Waals surface area contributed by atoms with Gasteiger partial charge < -0.3 is 4.74 Å². The highest BCUT2D eigenvalue weighted by atomic mass is 32.1. The van der Waals surface area contributed by atoms with Crippen molar-refractivity contribution < 1.29 is 10.2 Å². The largest absolute Gasteiger partial charge is 0.456 e. The van der Waals surface area contributed by atoms with Gasteiger partial charge in [-0.15, -0.1) is 11.3 Å². The second kappa shape index (κ2) is 7.55. The molecule has 7 aromatic rings. The molecule has 1 aliphatic heterocycles. The van der Waals surface area contributed by atoms with Crippen LogP contribution >= 0.6 is 11.3 Å². The summed E-state index contributed by atoms with van der Waals surface area (Å²) in [7, 11) is 0. The molecule has 6 aromatic carbocycles. The Labute approximate surface area is 218 Å². The normalized spacial score (nSPS) is 13.7. The zero-order valence-corrected chi connectivity index (χ0v) is 19.9. The fourth-order valence-electron chi connectivity index (χ4n) is 5.46. The third-order valence-electron chi connectivity index (χ3n) is 7.03. The Morgan fingerprint density at radius 2 is 1.19 bits per heavy atom. The van der Waals surface area contributed by atoms with Crippen molar-refractivity contribution in [3.8, 4) is 44.9 Å². The maximum atomic E-state index is 9.12. The lowest BCUT2D eigenvalue weighted by molar-refractivity contribution is 0.487. The van der Waals surface area contributed by atoms with Crippen LogP contribution in [-0.4, -0.2) is 0 Å². The van der Waals surface area contributed by atoms with E-state index in [9.17, 15) is 0 Å². The fraction of sp³-hybridized carbons (Fsp3) is 0. The van der Waals surface area contributed by atoms with Crippen molar-refractivity contribution in [2.45, 2.75) is 0 Å². The number of rotatable bonds is 2. The molecule has 168 valence electrons. The molecular formula is C34H20OS. The van der Waals surface area contributed by atoms with Gasteiger partial charge in [-0.25, -0.2) is 0 Å². The van der Waals surface area contributed by atoms with E-state index < -0.39 is 0 Å². The van der Waals surface area contributed by atoms with E-state index in [0.717, 1.165) is 64.7 Å². The third kappa shape index (κ3) is 2.76. The predicted octanol–water partition coefficient (Wildman–Crippen LogP) is 10.3. The van der Waals surface area contributed by atoms with Gasteiger partial charge in [0.25, 0.3) is 0 Å². The van der Waals surface area contributed by atoms with Crippen LogP contribution in [0.5, 0.6) is 11.5 Å². The third-order valence-corrected chi connectivity index (χ3v) is 8.25. The van der Waals surface area contributed by atoms with E-state index in [4.69, 9.17) is 10.2 Å². The molecule has 0 N–H and O–H groups in total. The maximum absolute atomic E-state index is 9.12. The van der Waals surface area contributed by atoms with Crippen LogP contribution in [0.2, 0.25) is 0 Å². The molecule has 0 amide bonds. The number of thiophene rings is 1. The summed E-state index contributed by atoms with van der Waals surface area (Å²) < 4.78 is 43.9. The van der Waals surface area contributed by atoms with Crippen LogP contribution in [0.4, 0.5) is 0 Å². The zero-order chi connectivity index (χ0) is 27.1. The van der Waals surface area contributed by atoms with E-state index in [1.165, 1.54) is 0 Å². The zero-order valence-electron chi connectivity index (χ0n) is 23.1. The molecule has 2 heterocycles. The molecular weight excluding hydrogens is 456 g/mol. The summed E-state index contributed by atoms with van der Waals surface area (Å²) >= 11 is 1.65. The summed E-state index contributed by atoms with van der Waals surface area (Å²) in [5, 5.41) is 4.05. The van der Waals surface area contributed by atoms with Gasteiger partial charge in [-0.1, -0.05) is 103 Å². The summed E-state index contributed by atoms with van der Waals surface area (Å²) in [6.45, 7) is 0. The first-order chi connectivity index (χ1) is 19.5. The van der Waals surface area contributed by atoms with E-state index in [1.807, 2.05) is 72.8 Å². The number of ether oxygens (including phenoxy) is 1. The molecule has 0 fully saturated rings. The van der Waals surface area contributed by atoms with Crippen LogP contribution in [0.25, 0.3) is 64.3 Å². The summed E-state index contributed by atoms with van der Waals surface area (Å²) in [6, 6.07) is 31.6. The summed E-state index contributed by atoms with van der Waals surface area (Å²) in [5.74, 6) is 1.54. The van der Waals surface area contributed by atoms with Crippen LogP contribution < -0.4 is 4.74 Å².